The summed E-state index contributed by atoms with van der Waals surface area (Å²) in [5, 5.41) is 15.0. The van der Waals surface area contributed by atoms with Crippen LogP contribution in [0.5, 0.6) is 0 Å². The molecule has 0 amide bonds. The molecule has 0 aromatic heterocycles. The Labute approximate surface area is 132 Å². The number of nitrogens with one attached hydrogen (secondary N) is 1. The predicted octanol–water partition coefficient (Wildman–Crippen LogP) is 4.12. The molecule has 0 heterocycles. The van der Waals surface area contributed by atoms with E-state index in [1.807, 2.05) is 12.1 Å². The highest BCUT2D eigenvalue weighted by molar-refractivity contribution is 6.30. The SMILES string of the molecule is CC1CCC(O)(CNC2CC(c3cccc(Cl)c3)C2)CC1. The van der Waals surface area contributed by atoms with Crippen LogP contribution in [-0.2, 0) is 0 Å². The molecule has 0 aliphatic heterocycles. The zero-order valence-corrected chi connectivity index (χ0v) is 13.6. The summed E-state index contributed by atoms with van der Waals surface area (Å²) < 4.78 is 0. The van der Waals surface area contributed by atoms with Gasteiger partial charge in [0.25, 0.3) is 0 Å². The summed E-state index contributed by atoms with van der Waals surface area (Å²) in [6, 6.07) is 8.77. The lowest BCUT2D eigenvalue weighted by Crippen LogP contribution is -2.49. The fraction of sp³-hybridized carbons (Fsp3) is 0.667. The van der Waals surface area contributed by atoms with Gasteiger partial charge in [-0.2, -0.15) is 0 Å². The minimum absolute atomic E-state index is 0.465. The van der Waals surface area contributed by atoms with Crippen LogP contribution in [0.4, 0.5) is 0 Å². The van der Waals surface area contributed by atoms with Crippen molar-refractivity contribution in [1.29, 1.82) is 0 Å². The molecular weight excluding hydrogens is 282 g/mol. The standard InChI is InChI=1S/C18H26ClNO/c1-13-5-7-18(21,8-6-13)12-20-17-10-15(11-17)14-3-2-4-16(19)9-14/h2-4,9,13,15,17,20-21H,5-8,10-12H2,1H3. The van der Waals surface area contributed by atoms with E-state index in [4.69, 9.17) is 11.6 Å². The molecule has 2 N–H and O–H groups in total. The van der Waals surface area contributed by atoms with Crippen LogP contribution in [0.3, 0.4) is 0 Å². The van der Waals surface area contributed by atoms with Crippen LogP contribution in [0.25, 0.3) is 0 Å². The molecule has 116 valence electrons. The van der Waals surface area contributed by atoms with Gasteiger partial charge in [0.1, 0.15) is 0 Å². The second-order valence-electron chi connectivity index (χ2n) is 7.21. The maximum absolute atomic E-state index is 10.6. The Balaban J connectivity index is 1.43. The third kappa shape index (κ3) is 3.80. The van der Waals surface area contributed by atoms with Gasteiger partial charge in [0.2, 0.25) is 0 Å². The molecule has 0 saturated heterocycles. The lowest BCUT2D eigenvalue weighted by molar-refractivity contribution is -0.0108. The zero-order chi connectivity index (χ0) is 14.9. The first-order valence-electron chi connectivity index (χ1n) is 8.25. The van der Waals surface area contributed by atoms with E-state index in [1.54, 1.807) is 0 Å². The quantitative estimate of drug-likeness (QED) is 0.877. The molecule has 2 fully saturated rings. The van der Waals surface area contributed by atoms with Crippen molar-refractivity contribution in [3.05, 3.63) is 34.9 Å². The molecule has 21 heavy (non-hydrogen) atoms. The number of hydrogen-bond acceptors (Lipinski definition) is 2. The lowest BCUT2D eigenvalue weighted by Gasteiger charge is -2.41. The largest absolute Gasteiger partial charge is 0.389 e. The van der Waals surface area contributed by atoms with Crippen LogP contribution < -0.4 is 5.32 Å². The molecule has 3 heteroatoms. The van der Waals surface area contributed by atoms with Gasteiger partial charge in [-0.25, -0.2) is 0 Å². The molecule has 1 aromatic carbocycles. The second kappa shape index (κ2) is 6.28. The van der Waals surface area contributed by atoms with Crippen LogP contribution in [0.15, 0.2) is 24.3 Å². The van der Waals surface area contributed by atoms with Crippen molar-refractivity contribution in [3.8, 4) is 0 Å². The Morgan fingerprint density at radius 3 is 2.67 bits per heavy atom. The average molecular weight is 308 g/mol. The van der Waals surface area contributed by atoms with Crippen molar-refractivity contribution in [2.75, 3.05) is 6.54 Å². The van der Waals surface area contributed by atoms with Gasteiger partial charge >= 0.3 is 0 Å². The summed E-state index contributed by atoms with van der Waals surface area (Å²) in [5.74, 6) is 1.41. The molecule has 0 radical (unpaired) electrons. The maximum Gasteiger partial charge on any atom is 0.0771 e. The van der Waals surface area contributed by atoms with Gasteiger partial charge in [-0.1, -0.05) is 30.7 Å². The highest BCUT2D eigenvalue weighted by Crippen LogP contribution is 2.38. The molecule has 0 spiro atoms. The van der Waals surface area contributed by atoms with Gasteiger partial charge in [0.05, 0.1) is 5.60 Å². The number of halogens is 1. The van der Waals surface area contributed by atoms with Gasteiger partial charge in [0, 0.05) is 17.6 Å². The molecule has 1 aromatic rings. The van der Waals surface area contributed by atoms with Crippen molar-refractivity contribution < 1.29 is 5.11 Å². The van der Waals surface area contributed by atoms with E-state index in [0.717, 1.165) is 56.0 Å². The van der Waals surface area contributed by atoms with Gasteiger partial charge in [0.15, 0.2) is 0 Å². The van der Waals surface area contributed by atoms with Crippen LogP contribution in [0.1, 0.15) is 56.9 Å². The first kappa shape index (κ1) is 15.3. The molecule has 0 atom stereocenters. The van der Waals surface area contributed by atoms with Crippen molar-refractivity contribution in [1.82, 2.24) is 5.32 Å². The fourth-order valence-corrected chi connectivity index (χ4v) is 3.83. The molecule has 2 aliphatic carbocycles. The summed E-state index contributed by atoms with van der Waals surface area (Å²) in [6.45, 7) is 3.04. The Hall–Kier alpha value is -0.570. The number of hydrogen-bond donors (Lipinski definition) is 2. The van der Waals surface area contributed by atoms with E-state index in [0.29, 0.717) is 12.0 Å². The Kier molecular flexibility index (Phi) is 4.58. The van der Waals surface area contributed by atoms with Gasteiger partial charge in [-0.3, -0.25) is 0 Å². The highest BCUT2D eigenvalue weighted by atomic mass is 35.5. The molecule has 0 unspecified atom stereocenters. The van der Waals surface area contributed by atoms with Gasteiger partial charge < -0.3 is 10.4 Å². The zero-order valence-electron chi connectivity index (χ0n) is 12.8. The minimum Gasteiger partial charge on any atom is -0.389 e. The Morgan fingerprint density at radius 2 is 2.00 bits per heavy atom. The topological polar surface area (TPSA) is 32.3 Å². The number of aliphatic hydroxyl groups is 1. The average Bonchev–Trinajstić information content (AvgIpc) is 2.41. The van der Waals surface area contributed by atoms with Crippen molar-refractivity contribution in [3.63, 3.8) is 0 Å². The summed E-state index contributed by atoms with van der Waals surface area (Å²) in [7, 11) is 0. The van der Waals surface area contributed by atoms with Gasteiger partial charge in [-0.05, 0) is 68.1 Å². The van der Waals surface area contributed by atoms with E-state index >= 15 is 0 Å². The fourth-order valence-electron chi connectivity index (χ4n) is 3.63. The first-order valence-corrected chi connectivity index (χ1v) is 8.63. The van der Waals surface area contributed by atoms with E-state index in [2.05, 4.69) is 24.4 Å². The summed E-state index contributed by atoms with van der Waals surface area (Å²) in [5.41, 5.74) is 0.888. The maximum atomic E-state index is 10.6. The Bertz CT molecular complexity index is 476. The normalized spacial score (nSPS) is 36.2. The summed E-state index contributed by atoms with van der Waals surface area (Å²) in [6.07, 6.45) is 6.54. The molecule has 2 aliphatic rings. The number of benzene rings is 1. The van der Waals surface area contributed by atoms with Crippen molar-refractivity contribution in [2.24, 2.45) is 5.92 Å². The summed E-state index contributed by atoms with van der Waals surface area (Å²) in [4.78, 5) is 0. The molecule has 2 nitrogen and oxygen atoms in total. The highest BCUT2D eigenvalue weighted by Gasteiger charge is 2.35. The van der Waals surface area contributed by atoms with Crippen LogP contribution >= 0.6 is 11.6 Å². The minimum atomic E-state index is -0.465. The molecular formula is C18H26ClNO. The van der Waals surface area contributed by atoms with Gasteiger partial charge in [-0.15, -0.1) is 0 Å². The predicted molar refractivity (Wildman–Crippen MR) is 87.8 cm³/mol. The van der Waals surface area contributed by atoms with E-state index in [-0.39, 0.29) is 0 Å². The smallest absolute Gasteiger partial charge is 0.0771 e. The second-order valence-corrected chi connectivity index (χ2v) is 7.64. The number of rotatable bonds is 4. The van der Waals surface area contributed by atoms with Crippen LogP contribution in [-0.4, -0.2) is 23.3 Å². The van der Waals surface area contributed by atoms with Crippen LogP contribution in [0, 0.1) is 5.92 Å². The van der Waals surface area contributed by atoms with E-state index < -0.39 is 5.60 Å². The lowest BCUT2D eigenvalue weighted by atomic mass is 9.75. The molecule has 0 bridgehead atoms. The third-order valence-corrected chi connectivity index (χ3v) is 5.62. The van der Waals surface area contributed by atoms with E-state index in [9.17, 15) is 5.11 Å². The van der Waals surface area contributed by atoms with Crippen LogP contribution in [0.2, 0.25) is 5.02 Å². The van der Waals surface area contributed by atoms with Crippen molar-refractivity contribution in [2.45, 2.75) is 63.0 Å². The molecule has 2 saturated carbocycles. The first-order chi connectivity index (χ1) is 10.0. The molecule has 3 rings (SSSR count). The summed E-state index contributed by atoms with van der Waals surface area (Å²) >= 11 is 6.05. The Morgan fingerprint density at radius 1 is 1.29 bits per heavy atom. The monoisotopic (exact) mass is 307 g/mol. The third-order valence-electron chi connectivity index (χ3n) is 5.38. The van der Waals surface area contributed by atoms with Crippen molar-refractivity contribution >= 4 is 11.6 Å². The van der Waals surface area contributed by atoms with E-state index in [1.165, 1.54) is 5.56 Å².